The summed E-state index contributed by atoms with van der Waals surface area (Å²) in [5.41, 5.74) is 1.23. The van der Waals surface area contributed by atoms with E-state index in [2.05, 4.69) is 64.4 Å². The van der Waals surface area contributed by atoms with Crippen LogP contribution in [0.5, 0.6) is 0 Å². The molecule has 1 aromatic rings. The Morgan fingerprint density at radius 1 is 1.31 bits per heavy atom. The lowest BCUT2D eigenvalue weighted by molar-refractivity contribution is 0.206. The molecule has 3 heteroatoms. The molecule has 2 atom stereocenters. The van der Waals surface area contributed by atoms with Crippen molar-refractivity contribution in [2.75, 3.05) is 25.5 Å². The Kier molecular flexibility index (Phi) is 3.87. The molecule has 16 heavy (non-hydrogen) atoms. The molecule has 0 aliphatic carbocycles. The smallest absolute Gasteiger partial charge is 0.0343 e. The maximum atomic E-state index is 3.63. The van der Waals surface area contributed by atoms with Gasteiger partial charge in [0.05, 0.1) is 0 Å². The molecule has 2 rings (SSSR count). The first-order valence-corrected chi connectivity index (χ1v) is 6.65. The summed E-state index contributed by atoms with van der Waals surface area (Å²) in [6, 6.07) is 9.05. The molecular weight excluding hydrogens is 264 g/mol. The van der Waals surface area contributed by atoms with E-state index in [1.807, 2.05) is 0 Å². The summed E-state index contributed by atoms with van der Waals surface area (Å²) in [6.07, 6.45) is 1.23. The second-order valence-corrected chi connectivity index (χ2v) is 5.70. The van der Waals surface area contributed by atoms with Crippen LogP contribution in [0.25, 0.3) is 0 Å². The van der Waals surface area contributed by atoms with Gasteiger partial charge in [0.15, 0.2) is 0 Å². The highest BCUT2D eigenvalue weighted by Crippen LogP contribution is 2.21. The number of hydrogen-bond donors (Lipinski definition) is 1. The van der Waals surface area contributed by atoms with Crippen LogP contribution in [-0.2, 0) is 0 Å². The number of rotatable bonds is 2. The average Bonchev–Trinajstić information content (AvgIpc) is 2.25. The first-order valence-electron chi connectivity index (χ1n) is 5.86. The van der Waals surface area contributed by atoms with Gasteiger partial charge < -0.3 is 10.2 Å². The molecule has 0 amide bonds. The van der Waals surface area contributed by atoms with E-state index < -0.39 is 0 Å². The van der Waals surface area contributed by atoms with Crippen molar-refractivity contribution in [3.8, 4) is 0 Å². The molecule has 88 valence electrons. The van der Waals surface area contributed by atoms with Gasteiger partial charge in [-0.1, -0.05) is 22.9 Å². The monoisotopic (exact) mass is 282 g/mol. The van der Waals surface area contributed by atoms with Crippen LogP contribution < -0.4 is 5.32 Å². The maximum Gasteiger partial charge on any atom is 0.0343 e. The molecule has 2 nitrogen and oxygen atoms in total. The van der Waals surface area contributed by atoms with E-state index in [0.29, 0.717) is 12.0 Å². The summed E-state index contributed by atoms with van der Waals surface area (Å²) in [6.45, 7) is 4.71. The fraction of sp³-hybridized carbons (Fsp3) is 0.538. The van der Waals surface area contributed by atoms with Gasteiger partial charge in [-0.2, -0.15) is 0 Å². The number of anilines is 1. The molecule has 0 spiro atoms. The van der Waals surface area contributed by atoms with Gasteiger partial charge in [0.1, 0.15) is 0 Å². The van der Waals surface area contributed by atoms with Crippen molar-refractivity contribution in [3.05, 3.63) is 28.7 Å². The average molecular weight is 283 g/mol. The Morgan fingerprint density at radius 2 is 2.00 bits per heavy atom. The SMILES string of the molecule is CC1CN(C)CCC1Nc1ccc(Br)cc1. The van der Waals surface area contributed by atoms with Crippen LogP contribution in [0.4, 0.5) is 5.69 Å². The van der Waals surface area contributed by atoms with Gasteiger partial charge in [-0.3, -0.25) is 0 Å². The van der Waals surface area contributed by atoms with E-state index in [9.17, 15) is 0 Å². The number of nitrogens with one attached hydrogen (secondary N) is 1. The van der Waals surface area contributed by atoms with E-state index in [0.717, 1.165) is 4.47 Å². The van der Waals surface area contributed by atoms with E-state index in [1.54, 1.807) is 0 Å². The Hall–Kier alpha value is -0.540. The van der Waals surface area contributed by atoms with Crippen molar-refractivity contribution in [1.82, 2.24) is 4.90 Å². The Balaban J connectivity index is 1.96. The van der Waals surface area contributed by atoms with Crippen LogP contribution in [0, 0.1) is 5.92 Å². The van der Waals surface area contributed by atoms with Crippen molar-refractivity contribution in [2.45, 2.75) is 19.4 Å². The third-order valence-electron chi connectivity index (χ3n) is 3.30. The summed E-state index contributed by atoms with van der Waals surface area (Å²) in [5, 5.41) is 3.63. The van der Waals surface area contributed by atoms with E-state index in [4.69, 9.17) is 0 Å². The molecule has 1 aliphatic rings. The third-order valence-corrected chi connectivity index (χ3v) is 3.83. The number of halogens is 1. The molecule has 1 fully saturated rings. The zero-order valence-electron chi connectivity index (χ0n) is 9.91. The lowest BCUT2D eigenvalue weighted by Gasteiger charge is -2.35. The second-order valence-electron chi connectivity index (χ2n) is 4.79. The Morgan fingerprint density at radius 3 is 2.62 bits per heavy atom. The van der Waals surface area contributed by atoms with Gasteiger partial charge >= 0.3 is 0 Å². The molecule has 0 saturated carbocycles. The molecule has 0 radical (unpaired) electrons. The first kappa shape index (κ1) is 11.9. The molecule has 1 saturated heterocycles. The van der Waals surface area contributed by atoms with Crippen molar-refractivity contribution in [1.29, 1.82) is 0 Å². The number of piperidine rings is 1. The summed E-state index contributed by atoms with van der Waals surface area (Å²) in [4.78, 5) is 2.41. The zero-order chi connectivity index (χ0) is 11.5. The van der Waals surface area contributed by atoms with Crippen molar-refractivity contribution >= 4 is 21.6 Å². The summed E-state index contributed by atoms with van der Waals surface area (Å²) < 4.78 is 1.13. The highest BCUT2D eigenvalue weighted by molar-refractivity contribution is 9.10. The number of hydrogen-bond acceptors (Lipinski definition) is 2. The van der Waals surface area contributed by atoms with Gasteiger partial charge in [0.25, 0.3) is 0 Å². The predicted octanol–water partition coefficient (Wildman–Crippen LogP) is 3.20. The van der Waals surface area contributed by atoms with Gasteiger partial charge in [-0.05, 0) is 50.2 Å². The van der Waals surface area contributed by atoms with Crippen LogP contribution in [0.15, 0.2) is 28.7 Å². The van der Waals surface area contributed by atoms with Gasteiger partial charge in [0, 0.05) is 22.7 Å². The van der Waals surface area contributed by atoms with Crippen LogP contribution >= 0.6 is 15.9 Å². The number of nitrogens with zero attached hydrogens (tertiary/aromatic N) is 1. The Bertz CT molecular complexity index is 336. The van der Waals surface area contributed by atoms with E-state index in [-0.39, 0.29) is 0 Å². The molecular formula is C13H19BrN2. The third kappa shape index (κ3) is 2.98. The van der Waals surface area contributed by atoms with Gasteiger partial charge in [-0.15, -0.1) is 0 Å². The quantitative estimate of drug-likeness (QED) is 0.896. The highest BCUT2D eigenvalue weighted by atomic mass is 79.9. The molecule has 1 heterocycles. The summed E-state index contributed by atoms with van der Waals surface area (Å²) >= 11 is 3.46. The standard InChI is InChI=1S/C13H19BrN2/c1-10-9-16(2)8-7-13(10)15-12-5-3-11(14)4-6-12/h3-6,10,13,15H,7-9H2,1-2H3. The number of likely N-dealkylation sites (tertiary alicyclic amines) is 1. The lowest BCUT2D eigenvalue weighted by atomic mass is 9.94. The summed E-state index contributed by atoms with van der Waals surface area (Å²) in [7, 11) is 2.20. The molecule has 1 aliphatic heterocycles. The van der Waals surface area contributed by atoms with Crippen molar-refractivity contribution < 1.29 is 0 Å². The Labute approximate surface area is 106 Å². The largest absolute Gasteiger partial charge is 0.382 e. The lowest BCUT2D eigenvalue weighted by Crippen LogP contribution is -2.43. The topological polar surface area (TPSA) is 15.3 Å². The first-order chi connectivity index (χ1) is 7.65. The van der Waals surface area contributed by atoms with Crippen LogP contribution in [0.2, 0.25) is 0 Å². The van der Waals surface area contributed by atoms with Crippen LogP contribution in [-0.4, -0.2) is 31.1 Å². The number of benzene rings is 1. The van der Waals surface area contributed by atoms with E-state index in [1.165, 1.54) is 25.2 Å². The van der Waals surface area contributed by atoms with Crippen LogP contribution in [0.1, 0.15) is 13.3 Å². The minimum Gasteiger partial charge on any atom is -0.382 e. The zero-order valence-corrected chi connectivity index (χ0v) is 11.5. The second kappa shape index (κ2) is 5.19. The normalized spacial score (nSPS) is 26.7. The molecule has 0 aromatic heterocycles. The fourth-order valence-electron chi connectivity index (χ4n) is 2.33. The molecule has 2 unspecified atom stereocenters. The predicted molar refractivity (Wildman–Crippen MR) is 72.8 cm³/mol. The van der Waals surface area contributed by atoms with Crippen LogP contribution in [0.3, 0.4) is 0 Å². The minimum absolute atomic E-state index is 0.609. The van der Waals surface area contributed by atoms with Crippen molar-refractivity contribution in [2.24, 2.45) is 5.92 Å². The minimum atomic E-state index is 0.609. The maximum absolute atomic E-state index is 3.63. The fourth-order valence-corrected chi connectivity index (χ4v) is 2.59. The van der Waals surface area contributed by atoms with E-state index >= 15 is 0 Å². The van der Waals surface area contributed by atoms with Crippen molar-refractivity contribution in [3.63, 3.8) is 0 Å². The molecule has 0 bridgehead atoms. The molecule has 1 aromatic carbocycles. The van der Waals surface area contributed by atoms with Gasteiger partial charge in [0.2, 0.25) is 0 Å². The molecule has 1 N–H and O–H groups in total. The summed E-state index contributed by atoms with van der Waals surface area (Å²) in [5.74, 6) is 0.711. The van der Waals surface area contributed by atoms with Gasteiger partial charge in [-0.25, -0.2) is 0 Å². The highest BCUT2D eigenvalue weighted by Gasteiger charge is 2.23.